The van der Waals surface area contributed by atoms with E-state index in [0.29, 0.717) is 16.8 Å². The number of hydrogen-bond donors (Lipinski definition) is 0. The molecule has 1 atom stereocenters. The van der Waals surface area contributed by atoms with E-state index in [1.807, 2.05) is 0 Å². The second kappa shape index (κ2) is 7.43. The molecule has 0 radical (unpaired) electrons. The summed E-state index contributed by atoms with van der Waals surface area (Å²) in [5.74, 6) is -0.938. The largest absolute Gasteiger partial charge is 0.573 e. The van der Waals surface area contributed by atoms with Gasteiger partial charge in [-0.3, -0.25) is 4.79 Å². The summed E-state index contributed by atoms with van der Waals surface area (Å²) in [6.07, 6.45) is -4.66. The maximum absolute atomic E-state index is 13.8. The number of aromatic nitrogens is 2. The number of hydrogen-bond acceptors (Lipinski definition) is 5. The predicted octanol–water partition coefficient (Wildman–Crippen LogP) is 4.60. The highest BCUT2D eigenvalue weighted by Crippen LogP contribution is 2.33. The first kappa shape index (κ1) is 19.9. The summed E-state index contributed by atoms with van der Waals surface area (Å²) >= 11 is 0. The number of nitrogens with zero attached hydrogens (tertiary/aromatic N) is 3. The Labute approximate surface area is 168 Å². The van der Waals surface area contributed by atoms with Crippen molar-refractivity contribution in [3.63, 3.8) is 0 Å². The standard InChI is InChI=1S/C20H15F4N3O3/c1-11-2-5-14(9-16(11)21)27-10-13(8-17(27)28)19-25-18(26-30-19)12-3-6-15(7-4-12)29-20(22,23)24/h2-7,9,13H,8,10H2,1H3. The lowest BCUT2D eigenvalue weighted by atomic mass is 10.1. The van der Waals surface area contributed by atoms with Crippen molar-refractivity contribution in [2.45, 2.75) is 25.6 Å². The summed E-state index contributed by atoms with van der Waals surface area (Å²) in [7, 11) is 0. The van der Waals surface area contributed by atoms with Crippen LogP contribution in [0, 0.1) is 12.7 Å². The van der Waals surface area contributed by atoms with Crippen molar-refractivity contribution >= 4 is 11.6 Å². The highest BCUT2D eigenvalue weighted by Gasteiger charge is 2.35. The Hall–Kier alpha value is -3.43. The Balaban J connectivity index is 1.49. The van der Waals surface area contributed by atoms with E-state index in [0.717, 1.165) is 12.1 Å². The summed E-state index contributed by atoms with van der Waals surface area (Å²) in [4.78, 5) is 18.1. The van der Waals surface area contributed by atoms with Gasteiger partial charge in [0.2, 0.25) is 17.6 Å². The van der Waals surface area contributed by atoms with Crippen LogP contribution in [0.25, 0.3) is 11.4 Å². The van der Waals surface area contributed by atoms with Gasteiger partial charge in [0.15, 0.2) is 0 Å². The molecule has 1 aromatic heterocycles. The number of ether oxygens (including phenoxy) is 1. The number of aryl methyl sites for hydroxylation is 1. The molecule has 1 unspecified atom stereocenters. The van der Waals surface area contributed by atoms with Crippen LogP contribution >= 0.6 is 0 Å². The minimum Gasteiger partial charge on any atom is -0.406 e. The normalized spacial score (nSPS) is 16.9. The molecular formula is C20H15F4N3O3. The van der Waals surface area contributed by atoms with E-state index in [9.17, 15) is 22.4 Å². The molecule has 1 aliphatic rings. The molecule has 156 valence electrons. The van der Waals surface area contributed by atoms with E-state index < -0.39 is 12.2 Å². The van der Waals surface area contributed by atoms with Crippen molar-refractivity contribution in [1.29, 1.82) is 0 Å². The number of rotatable bonds is 4. The zero-order valence-corrected chi connectivity index (χ0v) is 15.6. The fraction of sp³-hybridized carbons (Fsp3) is 0.250. The van der Waals surface area contributed by atoms with Gasteiger partial charge in [-0.15, -0.1) is 13.2 Å². The highest BCUT2D eigenvalue weighted by molar-refractivity contribution is 5.96. The number of carbonyl (C=O) groups excluding carboxylic acids is 1. The van der Waals surface area contributed by atoms with Crippen LogP contribution in [-0.4, -0.2) is 29.0 Å². The van der Waals surface area contributed by atoms with Crippen LogP contribution in [0.3, 0.4) is 0 Å². The van der Waals surface area contributed by atoms with Crippen LogP contribution in [0.2, 0.25) is 0 Å². The van der Waals surface area contributed by atoms with Gasteiger partial charge in [-0.25, -0.2) is 4.39 Å². The van der Waals surface area contributed by atoms with Gasteiger partial charge in [0.25, 0.3) is 0 Å². The second-order valence-corrected chi connectivity index (χ2v) is 6.87. The number of amides is 1. The Kier molecular flexibility index (Phi) is 4.92. The summed E-state index contributed by atoms with van der Waals surface area (Å²) in [6.45, 7) is 1.89. The number of halogens is 4. The Morgan fingerprint density at radius 3 is 2.57 bits per heavy atom. The summed E-state index contributed by atoms with van der Waals surface area (Å²) < 4.78 is 59.7. The number of carbonyl (C=O) groups is 1. The van der Waals surface area contributed by atoms with E-state index in [1.165, 1.54) is 23.1 Å². The molecule has 10 heteroatoms. The molecule has 3 aromatic rings. The molecule has 1 saturated heterocycles. The molecule has 0 N–H and O–H groups in total. The van der Waals surface area contributed by atoms with Gasteiger partial charge < -0.3 is 14.2 Å². The topological polar surface area (TPSA) is 68.5 Å². The van der Waals surface area contributed by atoms with Gasteiger partial charge in [0, 0.05) is 24.2 Å². The number of alkyl halides is 3. The highest BCUT2D eigenvalue weighted by atomic mass is 19.4. The van der Waals surface area contributed by atoms with Crippen molar-refractivity contribution < 1.29 is 31.6 Å². The van der Waals surface area contributed by atoms with Gasteiger partial charge in [0.1, 0.15) is 11.6 Å². The van der Waals surface area contributed by atoms with E-state index >= 15 is 0 Å². The van der Waals surface area contributed by atoms with Gasteiger partial charge in [-0.05, 0) is 48.9 Å². The lowest BCUT2D eigenvalue weighted by Crippen LogP contribution is -2.24. The summed E-state index contributed by atoms with van der Waals surface area (Å²) in [5.41, 5.74) is 1.36. The van der Waals surface area contributed by atoms with Gasteiger partial charge in [-0.2, -0.15) is 4.98 Å². The third-order valence-electron chi connectivity index (χ3n) is 4.73. The van der Waals surface area contributed by atoms with Crippen molar-refractivity contribution in [2.75, 3.05) is 11.4 Å². The third kappa shape index (κ3) is 4.12. The van der Waals surface area contributed by atoms with E-state index in [-0.39, 0.29) is 42.3 Å². The molecule has 4 rings (SSSR count). The smallest absolute Gasteiger partial charge is 0.406 e. The molecule has 30 heavy (non-hydrogen) atoms. The average molecular weight is 421 g/mol. The van der Waals surface area contributed by atoms with Crippen LogP contribution in [0.15, 0.2) is 47.0 Å². The lowest BCUT2D eigenvalue weighted by molar-refractivity contribution is -0.274. The first-order chi connectivity index (χ1) is 14.2. The zero-order valence-electron chi connectivity index (χ0n) is 15.6. The van der Waals surface area contributed by atoms with E-state index in [4.69, 9.17) is 4.52 Å². The molecule has 1 fully saturated rings. The fourth-order valence-electron chi connectivity index (χ4n) is 3.20. The van der Waals surface area contributed by atoms with Crippen molar-refractivity contribution in [3.05, 3.63) is 59.7 Å². The minimum absolute atomic E-state index is 0.121. The Bertz CT molecular complexity index is 1080. The van der Waals surface area contributed by atoms with Crippen LogP contribution in [0.1, 0.15) is 23.8 Å². The summed E-state index contributed by atoms with van der Waals surface area (Å²) in [6, 6.07) is 9.61. The molecule has 6 nitrogen and oxygen atoms in total. The third-order valence-corrected chi connectivity index (χ3v) is 4.73. The number of anilines is 1. The zero-order chi connectivity index (χ0) is 21.5. The maximum atomic E-state index is 13.8. The van der Waals surface area contributed by atoms with Crippen molar-refractivity contribution in [3.8, 4) is 17.1 Å². The molecule has 0 spiro atoms. The van der Waals surface area contributed by atoms with Crippen LogP contribution in [-0.2, 0) is 4.79 Å². The van der Waals surface area contributed by atoms with Gasteiger partial charge >= 0.3 is 6.36 Å². The quantitative estimate of drug-likeness (QED) is 0.576. The van der Waals surface area contributed by atoms with Crippen LogP contribution < -0.4 is 9.64 Å². The van der Waals surface area contributed by atoms with E-state index in [2.05, 4.69) is 14.9 Å². The molecule has 2 heterocycles. The summed E-state index contributed by atoms with van der Waals surface area (Å²) in [5, 5.41) is 3.84. The average Bonchev–Trinajstić information content (AvgIpc) is 3.30. The molecule has 0 aliphatic carbocycles. The Morgan fingerprint density at radius 2 is 1.90 bits per heavy atom. The monoisotopic (exact) mass is 421 g/mol. The first-order valence-corrected chi connectivity index (χ1v) is 8.96. The minimum atomic E-state index is -4.78. The fourth-order valence-corrected chi connectivity index (χ4v) is 3.20. The van der Waals surface area contributed by atoms with Gasteiger partial charge in [-0.1, -0.05) is 11.2 Å². The van der Waals surface area contributed by atoms with Crippen molar-refractivity contribution in [2.24, 2.45) is 0 Å². The van der Waals surface area contributed by atoms with Crippen LogP contribution in [0.4, 0.5) is 23.2 Å². The molecule has 0 bridgehead atoms. The predicted molar refractivity (Wildman–Crippen MR) is 97.3 cm³/mol. The van der Waals surface area contributed by atoms with Crippen LogP contribution in [0.5, 0.6) is 5.75 Å². The SMILES string of the molecule is Cc1ccc(N2CC(c3nc(-c4ccc(OC(F)(F)F)cc4)no3)CC2=O)cc1F. The molecule has 1 aliphatic heterocycles. The lowest BCUT2D eigenvalue weighted by Gasteiger charge is -2.16. The molecule has 0 saturated carbocycles. The number of benzene rings is 2. The first-order valence-electron chi connectivity index (χ1n) is 8.96. The second-order valence-electron chi connectivity index (χ2n) is 6.87. The Morgan fingerprint density at radius 1 is 1.17 bits per heavy atom. The maximum Gasteiger partial charge on any atom is 0.573 e. The molecular weight excluding hydrogens is 406 g/mol. The molecule has 2 aromatic carbocycles. The molecule has 1 amide bonds. The van der Waals surface area contributed by atoms with Gasteiger partial charge in [0.05, 0.1) is 5.92 Å². The van der Waals surface area contributed by atoms with E-state index in [1.54, 1.807) is 19.1 Å². The van der Waals surface area contributed by atoms with Crippen molar-refractivity contribution in [1.82, 2.24) is 10.1 Å².